The lowest BCUT2D eigenvalue weighted by atomic mass is 10.0. The van der Waals surface area contributed by atoms with E-state index in [0.29, 0.717) is 4.57 Å². The average molecular weight is 509 g/mol. The molecule has 0 unspecified atom stereocenters. The molecule has 0 atom stereocenters. The molecule has 4 rings (SSSR count). The number of rotatable bonds is 5. The van der Waals surface area contributed by atoms with Crippen molar-refractivity contribution in [2.24, 2.45) is 0 Å². The van der Waals surface area contributed by atoms with E-state index in [1.165, 1.54) is 34.9 Å². The molecule has 182 valence electrons. The fourth-order valence-corrected chi connectivity index (χ4v) is 4.03. The van der Waals surface area contributed by atoms with Crippen LogP contribution in [0.2, 0.25) is 5.02 Å². The first-order valence-corrected chi connectivity index (χ1v) is 10.6. The highest BCUT2D eigenvalue weighted by molar-refractivity contribution is 6.32. The Balaban J connectivity index is 2.08. The number of aliphatic hydroxyl groups excluding tert-OH is 1. The van der Waals surface area contributed by atoms with Crippen molar-refractivity contribution in [3.8, 4) is 11.4 Å². The van der Waals surface area contributed by atoms with Crippen molar-refractivity contribution >= 4 is 27.9 Å². The number of nitrogens with zero attached hydrogens (tertiary/aromatic N) is 4. The van der Waals surface area contributed by atoms with E-state index in [-0.39, 0.29) is 33.9 Å². The van der Waals surface area contributed by atoms with Gasteiger partial charge in [0.05, 0.1) is 16.3 Å². The molecule has 0 spiro atoms. The molecule has 0 radical (unpaired) electrons. The third kappa shape index (κ3) is 4.06. The monoisotopic (exact) mass is 508 g/mol. The molecule has 4 aromatic rings. The highest BCUT2D eigenvalue weighted by Gasteiger charge is 2.35. The number of benzene rings is 2. The number of hydrogen-bond acceptors (Lipinski definition) is 4. The molecule has 0 aliphatic heterocycles. The zero-order valence-corrected chi connectivity index (χ0v) is 18.9. The molecule has 12 heteroatoms. The molecule has 0 fully saturated rings. The maximum Gasteiger partial charge on any atom is 0.416 e. The minimum absolute atomic E-state index is 0.0571. The second kappa shape index (κ2) is 8.82. The zero-order valence-electron chi connectivity index (χ0n) is 18.1. The Bertz CT molecular complexity index is 1580. The molecule has 0 saturated carbocycles. The van der Waals surface area contributed by atoms with Crippen LogP contribution < -0.4 is 11.2 Å². The fourth-order valence-electron chi connectivity index (χ4n) is 3.78. The SMILES string of the molecule is C=C(c1cn(-c2c(F)cccc2Cl)c(=O)c2ccc(-n3nc(CO)n(CC)c3=O)cc12)C(F)(F)F. The van der Waals surface area contributed by atoms with Crippen molar-refractivity contribution in [3.05, 3.63) is 92.2 Å². The van der Waals surface area contributed by atoms with Crippen LogP contribution in [0.1, 0.15) is 18.3 Å². The lowest BCUT2D eigenvalue weighted by Crippen LogP contribution is -2.24. The largest absolute Gasteiger partial charge is 0.416 e. The third-order valence-electron chi connectivity index (χ3n) is 5.49. The molecule has 35 heavy (non-hydrogen) atoms. The Morgan fingerprint density at radius 3 is 2.46 bits per heavy atom. The van der Waals surface area contributed by atoms with Gasteiger partial charge in [-0.3, -0.25) is 13.9 Å². The number of aliphatic hydroxyl groups is 1. The second-order valence-electron chi connectivity index (χ2n) is 7.51. The first-order chi connectivity index (χ1) is 16.5. The van der Waals surface area contributed by atoms with Gasteiger partial charge in [-0.2, -0.15) is 17.9 Å². The van der Waals surface area contributed by atoms with E-state index in [1.54, 1.807) is 6.92 Å². The molecular weight excluding hydrogens is 492 g/mol. The summed E-state index contributed by atoms with van der Waals surface area (Å²) in [7, 11) is 0. The predicted molar refractivity (Wildman–Crippen MR) is 123 cm³/mol. The lowest BCUT2D eigenvalue weighted by Gasteiger charge is -2.17. The molecule has 0 saturated heterocycles. The van der Waals surface area contributed by atoms with Gasteiger partial charge in [0.15, 0.2) is 5.82 Å². The van der Waals surface area contributed by atoms with E-state index >= 15 is 0 Å². The number of para-hydroxylation sites is 1. The van der Waals surface area contributed by atoms with E-state index in [4.69, 9.17) is 11.6 Å². The smallest absolute Gasteiger partial charge is 0.388 e. The van der Waals surface area contributed by atoms with Gasteiger partial charge in [-0.05, 0) is 42.6 Å². The van der Waals surface area contributed by atoms with E-state index in [0.717, 1.165) is 16.9 Å². The van der Waals surface area contributed by atoms with Crippen molar-refractivity contribution in [3.63, 3.8) is 0 Å². The van der Waals surface area contributed by atoms with Gasteiger partial charge < -0.3 is 5.11 Å². The van der Waals surface area contributed by atoms with Crippen LogP contribution >= 0.6 is 11.6 Å². The third-order valence-corrected chi connectivity index (χ3v) is 5.79. The van der Waals surface area contributed by atoms with Crippen LogP contribution in [0.4, 0.5) is 17.6 Å². The normalized spacial score (nSPS) is 11.9. The van der Waals surface area contributed by atoms with Crippen LogP contribution in [-0.4, -0.2) is 30.2 Å². The summed E-state index contributed by atoms with van der Waals surface area (Å²) in [5.41, 5.74) is -3.62. The molecular formula is C23H17ClF4N4O3. The summed E-state index contributed by atoms with van der Waals surface area (Å²) < 4.78 is 58.5. The van der Waals surface area contributed by atoms with Crippen LogP contribution in [-0.2, 0) is 13.2 Å². The summed E-state index contributed by atoms with van der Waals surface area (Å²) in [6.45, 7) is 4.46. The first kappa shape index (κ1) is 24.4. The number of alkyl halides is 3. The minimum Gasteiger partial charge on any atom is -0.388 e. The zero-order chi connectivity index (χ0) is 25.7. The molecule has 0 amide bonds. The Morgan fingerprint density at radius 1 is 1.17 bits per heavy atom. The maximum absolute atomic E-state index is 14.6. The number of pyridine rings is 1. The summed E-state index contributed by atoms with van der Waals surface area (Å²) in [5.74, 6) is -0.852. The minimum atomic E-state index is -4.88. The molecule has 2 heterocycles. The number of aromatic nitrogens is 4. The summed E-state index contributed by atoms with van der Waals surface area (Å²) in [6, 6.07) is 7.32. The van der Waals surface area contributed by atoms with E-state index in [1.807, 2.05) is 0 Å². The fraction of sp³-hybridized carbons (Fsp3) is 0.174. The molecule has 0 aliphatic carbocycles. The molecule has 7 nitrogen and oxygen atoms in total. The number of fused-ring (bicyclic) bond motifs is 1. The Labute approximate surface area is 199 Å². The van der Waals surface area contributed by atoms with Crippen LogP contribution in [0, 0.1) is 5.82 Å². The summed E-state index contributed by atoms with van der Waals surface area (Å²) in [5, 5.41) is 13.0. The highest BCUT2D eigenvalue weighted by Crippen LogP contribution is 2.36. The van der Waals surface area contributed by atoms with Gasteiger partial charge in [0.1, 0.15) is 18.1 Å². The average Bonchev–Trinajstić information content (AvgIpc) is 3.14. The van der Waals surface area contributed by atoms with Crippen molar-refractivity contribution in [1.82, 2.24) is 18.9 Å². The molecule has 0 bridgehead atoms. The van der Waals surface area contributed by atoms with Crippen LogP contribution in [0.25, 0.3) is 27.7 Å². The van der Waals surface area contributed by atoms with Gasteiger partial charge in [-0.1, -0.05) is 24.2 Å². The van der Waals surface area contributed by atoms with Crippen LogP contribution in [0.15, 0.2) is 58.8 Å². The summed E-state index contributed by atoms with van der Waals surface area (Å²) in [6.07, 6.45) is -4.06. The summed E-state index contributed by atoms with van der Waals surface area (Å²) >= 11 is 6.06. The lowest BCUT2D eigenvalue weighted by molar-refractivity contribution is -0.0686. The van der Waals surface area contributed by atoms with Crippen molar-refractivity contribution in [2.45, 2.75) is 26.3 Å². The Kier molecular flexibility index (Phi) is 6.16. The molecule has 2 aromatic heterocycles. The number of halogens is 5. The van der Waals surface area contributed by atoms with E-state index < -0.39 is 46.7 Å². The Hall–Kier alpha value is -3.70. The van der Waals surface area contributed by atoms with Gasteiger partial charge >= 0.3 is 11.9 Å². The van der Waals surface area contributed by atoms with Gasteiger partial charge in [0.25, 0.3) is 5.56 Å². The number of allylic oxidation sites excluding steroid dienone is 1. The van der Waals surface area contributed by atoms with E-state index in [9.17, 15) is 32.3 Å². The van der Waals surface area contributed by atoms with Crippen LogP contribution in [0.3, 0.4) is 0 Å². The van der Waals surface area contributed by atoms with Gasteiger partial charge in [-0.15, -0.1) is 5.10 Å². The van der Waals surface area contributed by atoms with Crippen molar-refractivity contribution in [2.75, 3.05) is 0 Å². The van der Waals surface area contributed by atoms with Crippen molar-refractivity contribution < 1.29 is 22.7 Å². The standard InChI is InChI=1S/C23H17ClF4N4O3/c1-3-30-19(11-33)29-32(22(30)35)13-7-8-14-15(9-13)16(12(2)23(26,27)28)10-31(21(14)34)20-17(24)5-4-6-18(20)25/h4-10,33H,2-3,11H2,1H3. The maximum atomic E-state index is 14.6. The van der Waals surface area contributed by atoms with E-state index in [2.05, 4.69) is 11.7 Å². The molecule has 0 aliphatic rings. The quantitative estimate of drug-likeness (QED) is 0.409. The molecule has 1 N–H and O–H groups in total. The van der Waals surface area contributed by atoms with Crippen molar-refractivity contribution in [1.29, 1.82) is 0 Å². The van der Waals surface area contributed by atoms with Gasteiger partial charge in [0.2, 0.25) is 0 Å². The predicted octanol–water partition coefficient (Wildman–Crippen LogP) is 4.22. The second-order valence-corrected chi connectivity index (χ2v) is 7.91. The molecule has 2 aromatic carbocycles. The van der Waals surface area contributed by atoms with Gasteiger partial charge in [0, 0.05) is 23.7 Å². The number of hydrogen-bond donors (Lipinski definition) is 1. The summed E-state index contributed by atoms with van der Waals surface area (Å²) in [4.78, 5) is 25.9. The first-order valence-electron chi connectivity index (χ1n) is 10.2. The highest BCUT2D eigenvalue weighted by atomic mass is 35.5. The van der Waals surface area contributed by atoms with Crippen LogP contribution in [0.5, 0.6) is 0 Å². The topological polar surface area (TPSA) is 82.0 Å². The van der Waals surface area contributed by atoms with Gasteiger partial charge in [-0.25, -0.2) is 9.18 Å². The Morgan fingerprint density at radius 2 is 1.89 bits per heavy atom.